The third-order valence-electron chi connectivity index (χ3n) is 0. The van der Waals surface area contributed by atoms with Crippen molar-refractivity contribution in [2.75, 3.05) is 21.1 Å². The molecule has 0 aromatic carbocycles. The van der Waals surface area contributed by atoms with Crippen LogP contribution in [0, 0.1) is 27.1 Å². The molecule has 0 spiro atoms. The molecule has 1 radical (unpaired) electrons. The summed E-state index contributed by atoms with van der Waals surface area (Å²) >= 11 is 0. The van der Waals surface area contributed by atoms with E-state index in [1.807, 2.05) is 0 Å². The minimum Gasteiger partial charge on any atom is -0.358 e. The molecule has 0 rings (SSSR count). The van der Waals surface area contributed by atoms with E-state index in [-0.39, 0.29) is 24.5 Å². The van der Waals surface area contributed by atoms with Gasteiger partial charge in [0.25, 0.3) is 0 Å². The summed E-state index contributed by atoms with van der Waals surface area (Å²) in [6, 6.07) is 0. The van der Waals surface area contributed by atoms with Crippen LogP contribution in [-0.2, 0) is 17.1 Å². The van der Waals surface area contributed by atoms with Crippen LogP contribution >= 0.6 is 0 Å². The van der Waals surface area contributed by atoms with Crippen molar-refractivity contribution in [3.8, 4) is 0 Å². The molecule has 0 aliphatic heterocycles. The Morgan fingerprint density at radius 2 is 0.727 bits per heavy atom. The van der Waals surface area contributed by atoms with Crippen LogP contribution in [0.25, 0.3) is 14.5 Å². The summed E-state index contributed by atoms with van der Waals surface area (Å²) in [4.78, 5) is 8.25. The van der Waals surface area contributed by atoms with E-state index in [1.54, 1.807) is 0 Å². The Kier molecular flexibility index (Phi) is 427. The van der Waals surface area contributed by atoms with Gasteiger partial charge in [0.05, 0.1) is 0 Å². The fourth-order valence-electron chi connectivity index (χ4n) is 0. The zero-order valence-corrected chi connectivity index (χ0v) is 8.40. The first-order valence-electron chi connectivity index (χ1n) is 2.01. The van der Waals surface area contributed by atoms with Crippen molar-refractivity contribution in [3.05, 3.63) is 41.7 Å². The van der Waals surface area contributed by atoms with Crippen LogP contribution < -0.4 is 0 Å². The number of rotatable bonds is 0. The molecule has 0 saturated carbocycles. The van der Waals surface area contributed by atoms with Gasteiger partial charge in [0, 0.05) is 17.1 Å². The van der Waals surface area contributed by atoms with Crippen molar-refractivity contribution in [1.29, 1.82) is 0 Å². The third-order valence-corrected chi connectivity index (χ3v) is 0. The van der Waals surface area contributed by atoms with Gasteiger partial charge in [-0.15, -0.1) is 0 Å². The zero-order valence-electron chi connectivity index (χ0n) is 7.22. The van der Waals surface area contributed by atoms with Gasteiger partial charge in [0.2, 0.25) is 21.1 Å². The third kappa shape index (κ3) is 430. The Hall–Kier alpha value is -1.01. The molecule has 0 fully saturated rings. The van der Waals surface area contributed by atoms with Crippen molar-refractivity contribution in [2.45, 2.75) is 0 Å². The summed E-state index contributed by atoms with van der Waals surface area (Å²) in [6.45, 7) is 17.5. The summed E-state index contributed by atoms with van der Waals surface area (Å²) in [7, 11) is 4.25. The second kappa shape index (κ2) is 145. The van der Waals surface area contributed by atoms with E-state index in [0.717, 1.165) is 0 Å². The van der Waals surface area contributed by atoms with Crippen molar-refractivity contribution in [3.63, 3.8) is 0 Å². The first-order valence-corrected chi connectivity index (χ1v) is 2.01. The van der Waals surface area contributed by atoms with Gasteiger partial charge in [-0.25, -0.2) is 19.7 Å². The normalized spacial score (nSPS) is 2.18. The molecule has 63 valence electrons. The molecule has 0 aromatic rings. The first kappa shape index (κ1) is 32.4. The molecule has 0 aromatic heterocycles. The molecule has 0 N–H and O–H groups in total. The van der Waals surface area contributed by atoms with Gasteiger partial charge in [-0.3, -0.25) is 0 Å². The fraction of sp³-hybridized carbons (Fsp3) is 0.429. The van der Waals surface area contributed by atoms with Crippen LogP contribution in [0.2, 0.25) is 0 Å². The van der Waals surface area contributed by atoms with Gasteiger partial charge in [0.15, 0.2) is 0 Å². The predicted octanol–water partition coefficient (Wildman–Crippen LogP) is 2.05. The maximum absolute atomic E-state index is 5.83. The monoisotopic (exact) mass is 193 g/mol. The molecular weight excluding hydrogens is 181 g/mol. The van der Waals surface area contributed by atoms with E-state index in [2.05, 4.69) is 14.5 Å². The van der Waals surface area contributed by atoms with Crippen molar-refractivity contribution < 1.29 is 17.1 Å². The standard InChI is InChI=1S/3C2H3N.CH3.Mn/c3*1-3-2;;/h3*1H3;1H3;/q;;;-1;. The second-order valence-electron chi connectivity index (χ2n) is 0.671. The van der Waals surface area contributed by atoms with Crippen molar-refractivity contribution in [1.82, 2.24) is 0 Å². The fourth-order valence-corrected chi connectivity index (χ4v) is 0. The van der Waals surface area contributed by atoms with Gasteiger partial charge in [-0.05, 0) is 0 Å². The quantitative estimate of drug-likeness (QED) is 0.412. The van der Waals surface area contributed by atoms with Crippen LogP contribution in [0.5, 0.6) is 0 Å². The Morgan fingerprint density at radius 3 is 0.727 bits per heavy atom. The van der Waals surface area contributed by atoms with Crippen molar-refractivity contribution in [2.24, 2.45) is 0 Å². The summed E-state index contributed by atoms with van der Waals surface area (Å²) < 4.78 is 0. The van der Waals surface area contributed by atoms with Crippen LogP contribution in [0.15, 0.2) is 0 Å². The molecule has 0 amide bonds. The van der Waals surface area contributed by atoms with Gasteiger partial charge in [-0.1, -0.05) is 0 Å². The Morgan fingerprint density at radius 1 is 0.727 bits per heavy atom. The molecule has 3 nitrogen and oxygen atoms in total. The van der Waals surface area contributed by atoms with Gasteiger partial charge < -0.3 is 22.0 Å². The maximum Gasteiger partial charge on any atom is 0.205 e. The average Bonchev–Trinajstić information content (AvgIpc) is 1.70. The van der Waals surface area contributed by atoms with E-state index in [4.69, 9.17) is 19.7 Å². The molecule has 0 aliphatic rings. The number of nitrogens with zero attached hydrogens (tertiary/aromatic N) is 3. The van der Waals surface area contributed by atoms with E-state index >= 15 is 0 Å². The largest absolute Gasteiger partial charge is 0.358 e. The Labute approximate surface area is 80.3 Å². The molecule has 0 atom stereocenters. The molecule has 0 saturated heterocycles. The van der Waals surface area contributed by atoms with Crippen LogP contribution in [0.1, 0.15) is 0 Å². The van der Waals surface area contributed by atoms with Crippen LogP contribution in [0.3, 0.4) is 0 Å². The topological polar surface area (TPSA) is 13.1 Å². The van der Waals surface area contributed by atoms with Crippen LogP contribution in [-0.4, -0.2) is 21.1 Å². The zero-order chi connectivity index (χ0) is 8.12. The summed E-state index contributed by atoms with van der Waals surface area (Å²) in [5.41, 5.74) is 0. The average molecular weight is 193 g/mol. The number of hydrogen-bond acceptors (Lipinski definition) is 0. The molecule has 4 heteroatoms. The van der Waals surface area contributed by atoms with Gasteiger partial charge in [0.1, 0.15) is 0 Å². The summed E-state index contributed by atoms with van der Waals surface area (Å²) in [5, 5.41) is 0. The summed E-state index contributed by atoms with van der Waals surface area (Å²) in [5.74, 6) is 0. The minimum absolute atomic E-state index is 0. The SMILES string of the molecule is [C-]#[N+]C.[C-]#[N+]C.[C-]#[N+]C.[CH3-].[Mn]. The molecule has 0 unspecified atom stereocenters. The second-order valence-corrected chi connectivity index (χ2v) is 0.671. The Bertz CT molecular complexity index is 107. The number of hydrogen-bond donors (Lipinski definition) is 0. The molecule has 0 heterocycles. The molecule has 0 bridgehead atoms. The summed E-state index contributed by atoms with van der Waals surface area (Å²) in [6.07, 6.45) is 0. The van der Waals surface area contributed by atoms with E-state index in [9.17, 15) is 0 Å². The first-order chi connectivity index (χ1) is 4.24. The van der Waals surface area contributed by atoms with E-state index in [1.165, 1.54) is 21.1 Å². The maximum atomic E-state index is 5.83. The minimum atomic E-state index is 0. The molecular formula is C7H12MnN3-. The van der Waals surface area contributed by atoms with Gasteiger partial charge >= 0.3 is 0 Å². The van der Waals surface area contributed by atoms with Crippen LogP contribution in [0.4, 0.5) is 0 Å². The van der Waals surface area contributed by atoms with Gasteiger partial charge in [-0.2, -0.15) is 0 Å². The van der Waals surface area contributed by atoms with E-state index in [0.29, 0.717) is 0 Å². The molecule has 0 aliphatic carbocycles. The predicted molar refractivity (Wildman–Crippen MR) is 44.0 cm³/mol. The van der Waals surface area contributed by atoms with Crippen molar-refractivity contribution >= 4 is 0 Å². The smallest absolute Gasteiger partial charge is 0.205 e. The Balaban J connectivity index is -0.0000000150. The van der Waals surface area contributed by atoms with E-state index < -0.39 is 0 Å². The molecule has 11 heavy (non-hydrogen) atoms.